The number of rotatable bonds is 5. The van der Waals surface area contributed by atoms with Crippen molar-refractivity contribution in [1.82, 2.24) is 29.5 Å². The number of anilines is 2. The number of amides is 1. The average Bonchev–Trinajstić information content (AvgIpc) is 3.80. The molecule has 11 nitrogen and oxygen atoms in total. The molecule has 43 heavy (non-hydrogen) atoms. The summed E-state index contributed by atoms with van der Waals surface area (Å²) in [5, 5.41) is 13.9. The van der Waals surface area contributed by atoms with E-state index in [9.17, 15) is 19.1 Å². The summed E-state index contributed by atoms with van der Waals surface area (Å²) in [6.07, 6.45) is 5.85. The van der Waals surface area contributed by atoms with Gasteiger partial charge in [0.15, 0.2) is 11.3 Å². The second kappa shape index (κ2) is 9.99. The standard InChI is InChI=1S/C31H33FN8O3/c1-20-14-22(37-11-8-30(2,17-37)24-7-6-21(32)15-33-24)16-40-27(20)35-26(36-40)28(41)39-13-10-31(19-39)9-12-38(18-31)25-5-3-4-23(34-25)29(42)43/h3-7,14-16H,8-13,17-19H2,1-2H3,(H,42,43)/t30?,31-/m1/s1. The third kappa shape index (κ3) is 4.84. The van der Waals surface area contributed by atoms with Crippen molar-refractivity contribution in [3.05, 3.63) is 77.4 Å². The fraction of sp³-hybridized carbons (Fsp3) is 0.419. The normalized spacial score (nSPS) is 23.7. The lowest BCUT2D eigenvalue weighted by Gasteiger charge is -2.25. The topological polar surface area (TPSA) is 120 Å². The number of carboxylic acids is 1. The van der Waals surface area contributed by atoms with Crippen molar-refractivity contribution in [3.63, 3.8) is 0 Å². The van der Waals surface area contributed by atoms with Gasteiger partial charge in [-0.2, -0.15) is 0 Å². The molecule has 0 aromatic carbocycles. The molecule has 7 rings (SSSR count). The third-order valence-corrected chi connectivity index (χ3v) is 9.42. The van der Waals surface area contributed by atoms with Crippen LogP contribution >= 0.6 is 0 Å². The summed E-state index contributed by atoms with van der Waals surface area (Å²) in [5.41, 5.74) is 3.21. The first-order chi connectivity index (χ1) is 20.6. The van der Waals surface area contributed by atoms with Crippen molar-refractivity contribution < 1.29 is 19.1 Å². The van der Waals surface area contributed by atoms with Crippen LogP contribution < -0.4 is 9.80 Å². The van der Waals surface area contributed by atoms with Crippen LogP contribution in [-0.2, 0) is 5.41 Å². The SMILES string of the molecule is Cc1cc(N2CCC(C)(c3ccc(F)cn3)C2)cn2nc(C(=O)N3CC[C@@]4(CCN(c5cccc(C(=O)O)n5)C4)C3)nc12. The van der Waals surface area contributed by atoms with Crippen LogP contribution in [0.2, 0.25) is 0 Å². The lowest BCUT2D eigenvalue weighted by molar-refractivity contribution is 0.0689. The minimum atomic E-state index is -1.04. The fourth-order valence-electron chi connectivity index (χ4n) is 6.95. The molecule has 0 bridgehead atoms. The van der Waals surface area contributed by atoms with E-state index in [1.165, 1.54) is 18.3 Å². The van der Waals surface area contributed by atoms with Gasteiger partial charge in [0.25, 0.3) is 5.91 Å². The third-order valence-electron chi connectivity index (χ3n) is 9.42. The van der Waals surface area contributed by atoms with E-state index < -0.39 is 5.97 Å². The van der Waals surface area contributed by atoms with Gasteiger partial charge in [-0.25, -0.2) is 23.7 Å². The van der Waals surface area contributed by atoms with E-state index in [4.69, 9.17) is 0 Å². The summed E-state index contributed by atoms with van der Waals surface area (Å²) < 4.78 is 15.1. The summed E-state index contributed by atoms with van der Waals surface area (Å²) in [7, 11) is 0. The van der Waals surface area contributed by atoms with Gasteiger partial charge in [0, 0.05) is 55.8 Å². The predicted molar refractivity (Wildman–Crippen MR) is 157 cm³/mol. The van der Waals surface area contributed by atoms with Gasteiger partial charge >= 0.3 is 5.97 Å². The van der Waals surface area contributed by atoms with Crippen molar-refractivity contribution in [3.8, 4) is 0 Å². The number of carboxylic acid groups (broad SMARTS) is 1. The molecule has 3 saturated heterocycles. The van der Waals surface area contributed by atoms with Crippen molar-refractivity contribution in [2.45, 2.75) is 38.5 Å². The molecule has 3 aliphatic rings. The maximum absolute atomic E-state index is 13.6. The second-order valence-corrected chi connectivity index (χ2v) is 12.5. The highest BCUT2D eigenvalue weighted by molar-refractivity contribution is 5.91. The Kier molecular flexibility index (Phi) is 6.33. The molecular formula is C31H33FN8O3. The zero-order chi connectivity index (χ0) is 29.9. The van der Waals surface area contributed by atoms with Crippen LogP contribution in [-0.4, -0.2) is 85.7 Å². The Morgan fingerprint density at radius 2 is 1.79 bits per heavy atom. The maximum Gasteiger partial charge on any atom is 0.354 e. The van der Waals surface area contributed by atoms with Crippen LogP contribution in [0.25, 0.3) is 5.65 Å². The number of aromatic carboxylic acids is 1. The van der Waals surface area contributed by atoms with Gasteiger partial charge in [-0.05, 0) is 62.1 Å². The lowest BCUT2D eigenvalue weighted by atomic mass is 9.85. The Balaban J connectivity index is 1.06. The van der Waals surface area contributed by atoms with Crippen molar-refractivity contribution >= 4 is 29.0 Å². The first-order valence-corrected chi connectivity index (χ1v) is 14.6. The number of carbonyl (C=O) groups is 2. The van der Waals surface area contributed by atoms with Gasteiger partial charge in [0.05, 0.1) is 18.1 Å². The summed E-state index contributed by atoms with van der Waals surface area (Å²) in [6, 6.07) is 10.4. The van der Waals surface area contributed by atoms with Crippen LogP contribution in [0.5, 0.6) is 0 Å². The van der Waals surface area contributed by atoms with E-state index in [1.807, 2.05) is 24.1 Å². The largest absolute Gasteiger partial charge is 0.477 e. The number of hydrogen-bond acceptors (Lipinski definition) is 8. The molecule has 0 aliphatic carbocycles. The van der Waals surface area contributed by atoms with Crippen LogP contribution in [0.3, 0.4) is 0 Å². The molecule has 12 heteroatoms. The zero-order valence-electron chi connectivity index (χ0n) is 24.2. The Hall–Kier alpha value is -4.61. The number of fused-ring (bicyclic) bond motifs is 1. The molecular weight excluding hydrogens is 551 g/mol. The summed E-state index contributed by atoms with van der Waals surface area (Å²) >= 11 is 0. The molecule has 222 valence electrons. The number of hydrogen-bond donors (Lipinski definition) is 1. The van der Waals surface area contributed by atoms with E-state index in [0.29, 0.717) is 24.6 Å². The Morgan fingerprint density at radius 1 is 0.977 bits per heavy atom. The molecule has 7 heterocycles. The quantitative estimate of drug-likeness (QED) is 0.375. The highest BCUT2D eigenvalue weighted by atomic mass is 19.1. The fourth-order valence-corrected chi connectivity index (χ4v) is 6.95. The van der Waals surface area contributed by atoms with Crippen LogP contribution in [0.15, 0.2) is 48.8 Å². The molecule has 0 saturated carbocycles. The van der Waals surface area contributed by atoms with Crippen molar-refractivity contribution in [2.75, 3.05) is 49.1 Å². The van der Waals surface area contributed by atoms with E-state index >= 15 is 0 Å². The van der Waals surface area contributed by atoms with Gasteiger partial charge < -0.3 is 19.8 Å². The molecule has 1 spiro atoms. The number of carbonyl (C=O) groups excluding carboxylic acids is 1. The monoisotopic (exact) mass is 584 g/mol. The number of aromatic nitrogens is 5. The van der Waals surface area contributed by atoms with Crippen molar-refractivity contribution in [2.24, 2.45) is 5.41 Å². The van der Waals surface area contributed by atoms with Gasteiger partial charge in [-0.3, -0.25) is 9.78 Å². The molecule has 4 aromatic rings. The molecule has 0 radical (unpaired) electrons. The molecule has 3 fully saturated rings. The van der Waals surface area contributed by atoms with E-state index in [0.717, 1.165) is 62.4 Å². The lowest BCUT2D eigenvalue weighted by Crippen LogP contribution is -2.34. The van der Waals surface area contributed by atoms with Gasteiger partial charge in [0.2, 0.25) is 5.82 Å². The molecule has 1 amide bonds. The van der Waals surface area contributed by atoms with Crippen LogP contribution in [0.1, 0.15) is 58.6 Å². The summed E-state index contributed by atoms with van der Waals surface area (Å²) in [5.74, 6) is -0.722. The minimum absolute atomic E-state index is 0.0293. The first kappa shape index (κ1) is 27.2. The Labute approximate surface area is 248 Å². The number of likely N-dealkylation sites (tertiary alicyclic amines) is 1. The molecule has 3 aliphatic heterocycles. The van der Waals surface area contributed by atoms with Gasteiger partial charge in [-0.15, -0.1) is 5.10 Å². The molecule has 2 atom stereocenters. The smallest absolute Gasteiger partial charge is 0.354 e. The Morgan fingerprint density at radius 3 is 2.58 bits per heavy atom. The number of halogens is 1. The van der Waals surface area contributed by atoms with Gasteiger partial charge in [0.1, 0.15) is 11.6 Å². The van der Waals surface area contributed by atoms with Crippen LogP contribution in [0, 0.1) is 18.2 Å². The summed E-state index contributed by atoms with van der Waals surface area (Å²) in [4.78, 5) is 44.5. The maximum atomic E-state index is 13.6. The Bertz CT molecular complexity index is 1740. The predicted octanol–water partition coefficient (Wildman–Crippen LogP) is 3.58. The number of aryl methyl sites for hydroxylation is 1. The minimum Gasteiger partial charge on any atom is -0.477 e. The number of nitrogens with zero attached hydrogens (tertiary/aromatic N) is 8. The average molecular weight is 585 g/mol. The van der Waals surface area contributed by atoms with E-state index in [1.54, 1.807) is 16.6 Å². The highest BCUT2D eigenvalue weighted by Crippen LogP contribution is 2.41. The second-order valence-electron chi connectivity index (χ2n) is 12.5. The van der Waals surface area contributed by atoms with E-state index in [-0.39, 0.29) is 34.1 Å². The molecule has 1 unspecified atom stereocenters. The zero-order valence-corrected chi connectivity index (χ0v) is 24.2. The first-order valence-electron chi connectivity index (χ1n) is 14.6. The number of pyridine rings is 3. The highest BCUT2D eigenvalue weighted by Gasteiger charge is 2.46. The van der Waals surface area contributed by atoms with Crippen LogP contribution in [0.4, 0.5) is 15.9 Å². The molecule has 4 aromatic heterocycles. The van der Waals surface area contributed by atoms with Gasteiger partial charge in [-0.1, -0.05) is 13.0 Å². The van der Waals surface area contributed by atoms with Crippen molar-refractivity contribution in [1.29, 1.82) is 0 Å². The van der Waals surface area contributed by atoms with E-state index in [2.05, 4.69) is 42.8 Å². The molecule has 1 N–H and O–H groups in total. The summed E-state index contributed by atoms with van der Waals surface area (Å²) in [6.45, 7) is 8.40.